The number of nitriles is 1. The van der Waals surface area contributed by atoms with Gasteiger partial charge in [-0.3, -0.25) is 0 Å². The van der Waals surface area contributed by atoms with E-state index in [2.05, 4.69) is 43.4 Å². The smallest absolute Gasteiger partial charge is 0.155 e. The molecule has 2 N–H and O–H groups in total. The summed E-state index contributed by atoms with van der Waals surface area (Å²) in [7, 11) is 0. The number of allylic oxidation sites excluding steroid dienone is 4. The highest BCUT2D eigenvalue weighted by Gasteiger charge is 1.96. The highest BCUT2D eigenvalue weighted by molar-refractivity contribution is 5.29. The summed E-state index contributed by atoms with van der Waals surface area (Å²) < 4.78 is 0. The lowest BCUT2D eigenvalue weighted by Gasteiger charge is -2.09. The van der Waals surface area contributed by atoms with Crippen molar-refractivity contribution in [2.24, 2.45) is 0 Å². The van der Waals surface area contributed by atoms with E-state index in [1.54, 1.807) is 6.20 Å². The Hall–Kier alpha value is -2.93. The zero-order valence-corrected chi connectivity index (χ0v) is 15.3. The molecular formula is C21H27N3O. The standard InChI is InChI=1S/C21H27N3O/c1-5-7-17(3)16-18(4)24-20(6-2)13-15-23-25-21-10-8-19(9-11-21)12-14-22/h6,8-11,13,15-16,23-24H,4-5,7,12H2,1-3H3/b15-13-,17-16+,20-6+. The quantitative estimate of drug-likeness (QED) is 0.471. The van der Waals surface area contributed by atoms with Crippen LogP contribution in [0.15, 0.2) is 72.2 Å². The van der Waals surface area contributed by atoms with Gasteiger partial charge in [0.2, 0.25) is 0 Å². The van der Waals surface area contributed by atoms with E-state index in [0.29, 0.717) is 12.2 Å². The predicted molar refractivity (Wildman–Crippen MR) is 103 cm³/mol. The van der Waals surface area contributed by atoms with Crippen molar-refractivity contribution in [3.05, 3.63) is 77.8 Å². The van der Waals surface area contributed by atoms with Crippen molar-refractivity contribution in [3.63, 3.8) is 0 Å². The molecule has 0 aliphatic heterocycles. The van der Waals surface area contributed by atoms with Crippen LogP contribution >= 0.6 is 0 Å². The topological polar surface area (TPSA) is 57.1 Å². The van der Waals surface area contributed by atoms with E-state index in [9.17, 15) is 0 Å². The lowest BCUT2D eigenvalue weighted by Crippen LogP contribution is -2.13. The van der Waals surface area contributed by atoms with Crippen molar-refractivity contribution in [2.75, 3.05) is 0 Å². The van der Waals surface area contributed by atoms with E-state index in [4.69, 9.17) is 10.1 Å². The third-order valence-corrected chi connectivity index (χ3v) is 3.40. The molecule has 0 atom stereocenters. The van der Waals surface area contributed by atoms with Crippen LogP contribution in [0.25, 0.3) is 0 Å². The summed E-state index contributed by atoms with van der Waals surface area (Å²) in [5.41, 5.74) is 6.84. The van der Waals surface area contributed by atoms with Crippen LogP contribution in [0.4, 0.5) is 0 Å². The van der Waals surface area contributed by atoms with Crippen LogP contribution in [-0.4, -0.2) is 0 Å². The van der Waals surface area contributed by atoms with Crippen molar-refractivity contribution < 1.29 is 4.84 Å². The zero-order chi connectivity index (χ0) is 18.5. The highest BCUT2D eigenvalue weighted by atomic mass is 16.6. The zero-order valence-electron chi connectivity index (χ0n) is 15.3. The molecule has 132 valence electrons. The van der Waals surface area contributed by atoms with Crippen LogP contribution in [0.1, 0.15) is 39.2 Å². The first-order chi connectivity index (χ1) is 12.1. The van der Waals surface area contributed by atoms with Gasteiger partial charge >= 0.3 is 0 Å². The molecule has 0 radical (unpaired) electrons. The summed E-state index contributed by atoms with van der Waals surface area (Å²) in [6, 6.07) is 9.51. The molecule has 1 rings (SSSR count). The number of hydrogen-bond acceptors (Lipinski definition) is 4. The van der Waals surface area contributed by atoms with Crippen LogP contribution in [0.5, 0.6) is 5.75 Å². The maximum atomic E-state index is 8.65. The van der Waals surface area contributed by atoms with E-state index in [-0.39, 0.29) is 0 Å². The number of hydroxylamine groups is 1. The Morgan fingerprint density at radius 1 is 1.32 bits per heavy atom. The second-order valence-electron chi connectivity index (χ2n) is 5.67. The fourth-order valence-corrected chi connectivity index (χ4v) is 2.19. The predicted octanol–water partition coefficient (Wildman–Crippen LogP) is 4.90. The van der Waals surface area contributed by atoms with Gasteiger partial charge in [0.05, 0.1) is 12.5 Å². The Kier molecular flexibility index (Phi) is 9.32. The molecule has 0 aliphatic carbocycles. The van der Waals surface area contributed by atoms with Crippen molar-refractivity contribution in [2.45, 2.75) is 40.0 Å². The minimum absolute atomic E-state index is 0.403. The molecule has 0 aromatic heterocycles. The third-order valence-electron chi connectivity index (χ3n) is 3.40. The molecule has 1 aromatic carbocycles. The second kappa shape index (κ2) is 11.6. The molecule has 0 amide bonds. The molecular weight excluding hydrogens is 310 g/mol. The fraction of sp³-hybridized carbons (Fsp3) is 0.286. The number of rotatable bonds is 10. The molecule has 0 saturated heterocycles. The Bertz CT molecular complexity index is 676. The summed E-state index contributed by atoms with van der Waals surface area (Å²) in [5.74, 6) is 0.684. The third kappa shape index (κ3) is 8.47. The number of nitrogens with zero attached hydrogens (tertiary/aromatic N) is 1. The number of benzene rings is 1. The van der Waals surface area contributed by atoms with Crippen LogP contribution in [-0.2, 0) is 6.42 Å². The van der Waals surface area contributed by atoms with Crippen molar-refractivity contribution in [1.29, 1.82) is 5.26 Å². The van der Waals surface area contributed by atoms with Gasteiger partial charge in [0.25, 0.3) is 0 Å². The summed E-state index contributed by atoms with van der Waals surface area (Å²) in [6.07, 6.45) is 10.2. The van der Waals surface area contributed by atoms with Crippen molar-refractivity contribution >= 4 is 0 Å². The van der Waals surface area contributed by atoms with E-state index >= 15 is 0 Å². The maximum Gasteiger partial charge on any atom is 0.155 e. The highest BCUT2D eigenvalue weighted by Crippen LogP contribution is 2.11. The molecule has 0 saturated carbocycles. The number of nitrogens with one attached hydrogen (secondary N) is 2. The summed E-state index contributed by atoms with van der Waals surface area (Å²) in [5, 5.41) is 11.9. The normalized spacial score (nSPS) is 11.9. The molecule has 0 heterocycles. The summed E-state index contributed by atoms with van der Waals surface area (Å²) in [4.78, 5) is 5.43. The average molecular weight is 337 g/mol. The van der Waals surface area contributed by atoms with Gasteiger partial charge in [0.1, 0.15) is 0 Å². The summed E-state index contributed by atoms with van der Waals surface area (Å²) in [6.45, 7) is 10.3. The molecule has 4 nitrogen and oxygen atoms in total. The first kappa shape index (κ1) is 20.1. The Morgan fingerprint density at radius 2 is 2.04 bits per heavy atom. The lowest BCUT2D eigenvalue weighted by atomic mass is 10.1. The molecule has 0 fully saturated rings. The van der Waals surface area contributed by atoms with Crippen molar-refractivity contribution in [3.8, 4) is 11.8 Å². The Labute approximate surface area is 151 Å². The largest absolute Gasteiger partial charge is 0.383 e. The van der Waals surface area contributed by atoms with Crippen LogP contribution in [0, 0.1) is 11.3 Å². The van der Waals surface area contributed by atoms with Gasteiger partial charge in [-0.05, 0) is 50.1 Å². The second-order valence-corrected chi connectivity index (χ2v) is 5.67. The Morgan fingerprint density at radius 3 is 2.64 bits per heavy atom. The molecule has 0 spiro atoms. The van der Waals surface area contributed by atoms with Gasteiger partial charge < -0.3 is 10.2 Å². The van der Waals surface area contributed by atoms with Crippen LogP contribution < -0.4 is 15.6 Å². The minimum atomic E-state index is 0.403. The van der Waals surface area contributed by atoms with Gasteiger partial charge in [0.15, 0.2) is 5.75 Å². The molecule has 0 aliphatic rings. The first-order valence-corrected chi connectivity index (χ1v) is 8.43. The van der Waals surface area contributed by atoms with E-state index in [1.165, 1.54) is 5.57 Å². The molecule has 1 aromatic rings. The van der Waals surface area contributed by atoms with Crippen molar-refractivity contribution in [1.82, 2.24) is 10.8 Å². The number of hydrogen-bond donors (Lipinski definition) is 2. The van der Waals surface area contributed by atoms with E-state index in [0.717, 1.165) is 29.8 Å². The van der Waals surface area contributed by atoms with Gasteiger partial charge in [-0.15, -0.1) is 0 Å². The first-order valence-electron chi connectivity index (χ1n) is 8.43. The molecule has 0 unspecified atom stereocenters. The van der Waals surface area contributed by atoms with Gasteiger partial charge in [0, 0.05) is 17.6 Å². The summed E-state index contributed by atoms with van der Waals surface area (Å²) >= 11 is 0. The molecule has 0 bridgehead atoms. The lowest BCUT2D eigenvalue weighted by molar-refractivity contribution is 0.243. The molecule has 4 heteroatoms. The van der Waals surface area contributed by atoms with Gasteiger partial charge in [-0.1, -0.05) is 43.7 Å². The maximum absolute atomic E-state index is 8.65. The van der Waals surface area contributed by atoms with Crippen LogP contribution in [0.3, 0.4) is 0 Å². The van der Waals surface area contributed by atoms with Gasteiger partial charge in [-0.25, -0.2) is 5.48 Å². The monoisotopic (exact) mass is 337 g/mol. The molecule has 25 heavy (non-hydrogen) atoms. The average Bonchev–Trinajstić information content (AvgIpc) is 2.59. The minimum Gasteiger partial charge on any atom is -0.383 e. The van der Waals surface area contributed by atoms with E-state index in [1.807, 2.05) is 43.3 Å². The fourth-order valence-electron chi connectivity index (χ4n) is 2.19. The SMILES string of the molecule is C=C(/C=C(\C)CCC)NC(/C=C\NOc1ccc(CC#N)cc1)=C/C. The van der Waals surface area contributed by atoms with E-state index < -0.39 is 0 Å². The van der Waals surface area contributed by atoms with Gasteiger partial charge in [-0.2, -0.15) is 5.26 Å². The Balaban J connectivity index is 2.46. The van der Waals surface area contributed by atoms with Crippen LogP contribution in [0.2, 0.25) is 0 Å².